The molecule has 104 valence electrons. The topological polar surface area (TPSA) is 49.8 Å². The smallest absolute Gasteiger partial charge is 0.224 e. The van der Waals surface area contributed by atoms with Crippen LogP contribution in [0.1, 0.15) is 24.8 Å². The number of nitrogens with one attached hydrogen (secondary N) is 2. The van der Waals surface area contributed by atoms with Crippen LogP contribution in [0.3, 0.4) is 0 Å². The molecule has 0 spiro atoms. The van der Waals surface area contributed by atoms with E-state index >= 15 is 0 Å². The van der Waals surface area contributed by atoms with Gasteiger partial charge in [-0.15, -0.1) is 0 Å². The third kappa shape index (κ3) is 2.85. The van der Waals surface area contributed by atoms with E-state index in [9.17, 15) is 0 Å². The van der Waals surface area contributed by atoms with Crippen LogP contribution in [0.4, 0.5) is 11.8 Å². The highest BCUT2D eigenvalue weighted by Gasteiger charge is 2.38. The SMILES string of the molecule is CCNc1ncc(Cl)c(NC2CC2c2ccccc2)n1. The molecule has 3 rings (SSSR count). The summed E-state index contributed by atoms with van der Waals surface area (Å²) in [5.41, 5.74) is 1.36. The van der Waals surface area contributed by atoms with Crippen molar-refractivity contribution in [2.45, 2.75) is 25.3 Å². The van der Waals surface area contributed by atoms with Crippen LogP contribution in [0.15, 0.2) is 36.5 Å². The highest BCUT2D eigenvalue weighted by atomic mass is 35.5. The molecule has 0 amide bonds. The number of nitrogens with zero attached hydrogens (tertiary/aromatic N) is 2. The molecule has 0 aliphatic heterocycles. The minimum Gasteiger partial charge on any atom is -0.365 e. The van der Waals surface area contributed by atoms with Crippen LogP contribution < -0.4 is 10.6 Å². The minimum atomic E-state index is 0.402. The molecule has 20 heavy (non-hydrogen) atoms. The summed E-state index contributed by atoms with van der Waals surface area (Å²) in [6.07, 6.45) is 2.75. The molecule has 1 saturated carbocycles. The average Bonchev–Trinajstić information content (AvgIpc) is 3.23. The molecule has 0 bridgehead atoms. The van der Waals surface area contributed by atoms with E-state index in [1.165, 1.54) is 5.56 Å². The molecule has 0 radical (unpaired) electrons. The van der Waals surface area contributed by atoms with Crippen LogP contribution >= 0.6 is 11.6 Å². The summed E-state index contributed by atoms with van der Waals surface area (Å²) in [7, 11) is 0. The Morgan fingerprint density at radius 2 is 2.10 bits per heavy atom. The van der Waals surface area contributed by atoms with E-state index in [1.807, 2.05) is 13.0 Å². The average molecular weight is 289 g/mol. The molecule has 2 aromatic rings. The van der Waals surface area contributed by atoms with Gasteiger partial charge in [0.25, 0.3) is 0 Å². The molecule has 1 fully saturated rings. The monoisotopic (exact) mass is 288 g/mol. The van der Waals surface area contributed by atoms with Gasteiger partial charge >= 0.3 is 0 Å². The van der Waals surface area contributed by atoms with Gasteiger partial charge in [0.2, 0.25) is 5.95 Å². The van der Waals surface area contributed by atoms with Gasteiger partial charge in [-0.1, -0.05) is 41.9 Å². The van der Waals surface area contributed by atoms with Crippen molar-refractivity contribution in [3.8, 4) is 0 Å². The Balaban J connectivity index is 1.69. The standard InChI is InChI=1S/C15H17ClN4/c1-2-17-15-18-9-12(16)14(20-15)19-13-8-11(13)10-6-4-3-5-7-10/h3-7,9,11,13H,2,8H2,1H3,(H2,17,18,19,20). The quantitative estimate of drug-likeness (QED) is 0.884. The lowest BCUT2D eigenvalue weighted by molar-refractivity contribution is 1.01. The van der Waals surface area contributed by atoms with Crippen molar-refractivity contribution < 1.29 is 0 Å². The van der Waals surface area contributed by atoms with E-state index in [1.54, 1.807) is 6.20 Å². The first-order valence-electron chi connectivity index (χ1n) is 6.86. The molecule has 1 aliphatic carbocycles. The molecule has 1 aliphatic rings. The van der Waals surface area contributed by atoms with Gasteiger partial charge < -0.3 is 10.6 Å². The van der Waals surface area contributed by atoms with Crippen LogP contribution in [0.25, 0.3) is 0 Å². The van der Waals surface area contributed by atoms with Crippen molar-refractivity contribution in [3.05, 3.63) is 47.1 Å². The van der Waals surface area contributed by atoms with Gasteiger partial charge in [-0.2, -0.15) is 4.98 Å². The predicted molar refractivity (Wildman–Crippen MR) is 82.4 cm³/mol. The summed E-state index contributed by atoms with van der Waals surface area (Å²) in [5.74, 6) is 1.86. The van der Waals surface area contributed by atoms with Gasteiger partial charge in [0, 0.05) is 18.5 Å². The van der Waals surface area contributed by atoms with Gasteiger partial charge in [-0.05, 0) is 18.9 Å². The number of hydrogen-bond donors (Lipinski definition) is 2. The second-order valence-electron chi connectivity index (χ2n) is 4.92. The van der Waals surface area contributed by atoms with Crippen molar-refractivity contribution in [3.63, 3.8) is 0 Å². The molecule has 4 nitrogen and oxygen atoms in total. The van der Waals surface area contributed by atoms with Crippen molar-refractivity contribution in [2.75, 3.05) is 17.2 Å². The molecular weight excluding hydrogens is 272 g/mol. The number of halogens is 1. The lowest BCUT2D eigenvalue weighted by Crippen LogP contribution is -2.09. The summed E-state index contributed by atoms with van der Waals surface area (Å²) < 4.78 is 0. The summed E-state index contributed by atoms with van der Waals surface area (Å²) in [5, 5.41) is 7.06. The zero-order chi connectivity index (χ0) is 13.9. The van der Waals surface area contributed by atoms with E-state index in [0.29, 0.717) is 28.7 Å². The number of anilines is 2. The minimum absolute atomic E-state index is 0.402. The van der Waals surface area contributed by atoms with Crippen LogP contribution in [0, 0.1) is 0 Å². The third-order valence-electron chi connectivity index (χ3n) is 3.42. The predicted octanol–water partition coefficient (Wildman–Crippen LogP) is 3.53. The second-order valence-corrected chi connectivity index (χ2v) is 5.33. The number of aromatic nitrogens is 2. The Labute approximate surface area is 123 Å². The van der Waals surface area contributed by atoms with Crippen molar-refractivity contribution in [1.29, 1.82) is 0 Å². The Bertz CT molecular complexity index is 588. The first kappa shape index (κ1) is 13.2. The maximum absolute atomic E-state index is 6.15. The Hall–Kier alpha value is -1.81. The normalized spacial score (nSPS) is 20.5. The Kier molecular flexibility index (Phi) is 3.74. The van der Waals surface area contributed by atoms with E-state index < -0.39 is 0 Å². The molecule has 2 atom stereocenters. The van der Waals surface area contributed by atoms with Crippen LogP contribution in [0.2, 0.25) is 5.02 Å². The largest absolute Gasteiger partial charge is 0.365 e. The summed E-state index contributed by atoms with van der Waals surface area (Å²) >= 11 is 6.15. The van der Waals surface area contributed by atoms with E-state index in [2.05, 4.69) is 44.9 Å². The lowest BCUT2D eigenvalue weighted by Gasteiger charge is -2.09. The van der Waals surface area contributed by atoms with Crippen molar-refractivity contribution in [2.24, 2.45) is 0 Å². The van der Waals surface area contributed by atoms with Crippen LogP contribution in [-0.2, 0) is 0 Å². The second kappa shape index (κ2) is 5.67. The van der Waals surface area contributed by atoms with Crippen LogP contribution in [-0.4, -0.2) is 22.6 Å². The fourth-order valence-corrected chi connectivity index (χ4v) is 2.46. The molecule has 1 heterocycles. The van der Waals surface area contributed by atoms with Gasteiger partial charge in [0.1, 0.15) is 5.02 Å². The lowest BCUT2D eigenvalue weighted by atomic mass is 10.1. The maximum Gasteiger partial charge on any atom is 0.224 e. The fraction of sp³-hybridized carbons (Fsp3) is 0.333. The highest BCUT2D eigenvalue weighted by Crippen LogP contribution is 2.43. The summed E-state index contributed by atoms with van der Waals surface area (Å²) in [6, 6.07) is 10.9. The van der Waals surface area contributed by atoms with E-state index in [-0.39, 0.29) is 0 Å². The highest BCUT2D eigenvalue weighted by molar-refractivity contribution is 6.32. The molecule has 2 unspecified atom stereocenters. The van der Waals surface area contributed by atoms with E-state index in [4.69, 9.17) is 11.6 Å². The van der Waals surface area contributed by atoms with Crippen LogP contribution in [0.5, 0.6) is 0 Å². The first-order chi connectivity index (χ1) is 9.78. The van der Waals surface area contributed by atoms with Crippen molar-refractivity contribution >= 4 is 23.4 Å². The zero-order valence-corrected chi connectivity index (χ0v) is 12.1. The van der Waals surface area contributed by atoms with Gasteiger partial charge in [-0.3, -0.25) is 0 Å². The Morgan fingerprint density at radius 1 is 1.30 bits per heavy atom. The van der Waals surface area contributed by atoms with Gasteiger partial charge in [0.15, 0.2) is 5.82 Å². The molecular formula is C15H17ClN4. The third-order valence-corrected chi connectivity index (χ3v) is 3.70. The maximum atomic E-state index is 6.15. The number of benzene rings is 1. The summed E-state index contributed by atoms with van der Waals surface area (Å²) in [4.78, 5) is 8.54. The fourth-order valence-electron chi connectivity index (χ4n) is 2.31. The molecule has 5 heteroatoms. The van der Waals surface area contributed by atoms with Crippen molar-refractivity contribution in [1.82, 2.24) is 9.97 Å². The van der Waals surface area contributed by atoms with Gasteiger partial charge in [0.05, 0.1) is 6.20 Å². The Morgan fingerprint density at radius 3 is 2.85 bits per heavy atom. The van der Waals surface area contributed by atoms with E-state index in [0.717, 1.165) is 13.0 Å². The molecule has 1 aromatic carbocycles. The molecule has 0 saturated heterocycles. The molecule has 2 N–H and O–H groups in total. The number of rotatable bonds is 5. The molecule has 1 aromatic heterocycles. The zero-order valence-electron chi connectivity index (χ0n) is 11.3. The van der Waals surface area contributed by atoms with Gasteiger partial charge in [-0.25, -0.2) is 4.98 Å². The summed E-state index contributed by atoms with van der Waals surface area (Å²) in [6.45, 7) is 2.80. The number of hydrogen-bond acceptors (Lipinski definition) is 4. The first-order valence-corrected chi connectivity index (χ1v) is 7.23.